The predicted octanol–water partition coefficient (Wildman–Crippen LogP) is 4.15. The first-order chi connectivity index (χ1) is 13.3. The molecule has 152 valence electrons. The van der Waals surface area contributed by atoms with Crippen molar-refractivity contribution in [1.82, 2.24) is 0 Å². The first-order valence-electron chi connectivity index (χ1n) is 8.81. The monoisotopic (exact) mass is 426 g/mol. The Labute approximate surface area is 170 Å². The third-order valence-corrected chi connectivity index (χ3v) is 5.31. The molecule has 7 nitrogen and oxygen atoms in total. The highest BCUT2D eigenvalue weighted by molar-refractivity contribution is 7.92. The van der Waals surface area contributed by atoms with Gasteiger partial charge in [-0.25, -0.2) is 8.42 Å². The van der Waals surface area contributed by atoms with Crippen LogP contribution >= 0.6 is 11.6 Å². The fraction of sp³-hybridized carbons (Fsp3) is 0.316. The Morgan fingerprint density at radius 3 is 2.14 bits per heavy atom. The molecule has 0 atom stereocenters. The van der Waals surface area contributed by atoms with E-state index in [1.807, 2.05) is 0 Å². The van der Waals surface area contributed by atoms with Crippen molar-refractivity contribution in [2.45, 2.75) is 20.8 Å². The molecule has 2 rings (SSSR count). The molecule has 0 saturated heterocycles. The summed E-state index contributed by atoms with van der Waals surface area (Å²) in [5.74, 6) is 0.0709. The minimum absolute atomic E-state index is 0.0898. The molecule has 0 unspecified atom stereocenters. The van der Waals surface area contributed by atoms with Crippen LogP contribution in [0.1, 0.15) is 31.1 Å². The minimum Gasteiger partial charge on any atom is -0.492 e. The number of ether oxygens (including phenoxy) is 2. The van der Waals surface area contributed by atoms with Gasteiger partial charge in [-0.05, 0) is 32.9 Å². The van der Waals surface area contributed by atoms with Gasteiger partial charge in [0, 0.05) is 12.1 Å². The summed E-state index contributed by atoms with van der Waals surface area (Å²) in [5.41, 5.74) is 0.887. The van der Waals surface area contributed by atoms with E-state index in [-0.39, 0.29) is 17.2 Å². The molecule has 0 spiro atoms. The highest BCUT2D eigenvalue weighted by Gasteiger charge is 2.19. The molecule has 0 radical (unpaired) electrons. The molecule has 2 aromatic carbocycles. The van der Waals surface area contributed by atoms with Crippen molar-refractivity contribution in [3.63, 3.8) is 0 Å². The lowest BCUT2D eigenvalue weighted by molar-refractivity contribution is 0.102. The predicted molar refractivity (Wildman–Crippen MR) is 111 cm³/mol. The van der Waals surface area contributed by atoms with Gasteiger partial charge in [0.2, 0.25) is 10.0 Å². The van der Waals surface area contributed by atoms with Crippen LogP contribution in [0.15, 0.2) is 36.4 Å². The van der Waals surface area contributed by atoms with E-state index in [1.165, 1.54) is 19.1 Å². The van der Waals surface area contributed by atoms with Crippen LogP contribution in [-0.4, -0.2) is 33.3 Å². The first kappa shape index (κ1) is 21.8. The number of anilines is 2. The Morgan fingerprint density at radius 1 is 1.00 bits per heavy atom. The number of hydrogen-bond donors (Lipinski definition) is 2. The number of hydrogen-bond acceptors (Lipinski definition) is 5. The third kappa shape index (κ3) is 5.53. The lowest BCUT2D eigenvalue weighted by Crippen LogP contribution is -2.17. The van der Waals surface area contributed by atoms with Crippen LogP contribution in [0.5, 0.6) is 11.5 Å². The van der Waals surface area contributed by atoms with Crippen molar-refractivity contribution in [3.05, 3.63) is 47.0 Å². The van der Waals surface area contributed by atoms with Gasteiger partial charge in [0.1, 0.15) is 11.5 Å². The fourth-order valence-electron chi connectivity index (χ4n) is 2.36. The lowest BCUT2D eigenvalue weighted by atomic mass is 10.2. The van der Waals surface area contributed by atoms with Crippen LogP contribution in [0.4, 0.5) is 11.4 Å². The summed E-state index contributed by atoms with van der Waals surface area (Å²) in [4.78, 5) is 12.6. The summed E-state index contributed by atoms with van der Waals surface area (Å²) in [6.45, 7) is 5.72. The van der Waals surface area contributed by atoms with Gasteiger partial charge in [0.25, 0.3) is 5.91 Å². The summed E-state index contributed by atoms with van der Waals surface area (Å²) in [6.07, 6.45) is 0. The van der Waals surface area contributed by atoms with E-state index in [4.69, 9.17) is 21.1 Å². The first-order valence-corrected chi connectivity index (χ1v) is 10.8. The molecular weight excluding hydrogens is 404 g/mol. The Hall–Kier alpha value is -2.45. The second-order valence-corrected chi connectivity index (χ2v) is 8.07. The maximum Gasteiger partial charge on any atom is 0.257 e. The SMILES string of the molecule is CCOc1cc(NS(=O)(=O)CC)c(OCC)cc1NC(=O)c1ccccc1Cl. The Balaban J connectivity index is 2.46. The van der Waals surface area contributed by atoms with Crippen molar-refractivity contribution in [1.29, 1.82) is 0 Å². The fourth-order valence-corrected chi connectivity index (χ4v) is 3.22. The summed E-state index contributed by atoms with van der Waals surface area (Å²) in [6, 6.07) is 9.67. The number of rotatable bonds is 9. The van der Waals surface area contributed by atoms with Crippen LogP contribution < -0.4 is 19.5 Å². The van der Waals surface area contributed by atoms with Crippen molar-refractivity contribution < 1.29 is 22.7 Å². The summed E-state index contributed by atoms with van der Waals surface area (Å²) < 4.78 is 37.6. The molecule has 0 aliphatic heterocycles. The standard InChI is InChI=1S/C19H23ClN2O5S/c1-4-26-17-12-16(22-28(24,25)6-3)18(27-5-2)11-15(17)21-19(23)13-9-7-8-10-14(13)20/h7-12,22H,4-6H2,1-3H3,(H,21,23). The molecule has 0 aromatic heterocycles. The van der Waals surface area contributed by atoms with Gasteiger partial charge in [0.05, 0.1) is 40.9 Å². The molecular formula is C19H23ClN2O5S. The number of carbonyl (C=O) groups excluding carboxylic acids is 1. The molecule has 0 aliphatic rings. The molecule has 1 amide bonds. The van der Waals surface area contributed by atoms with Gasteiger partial charge < -0.3 is 14.8 Å². The third-order valence-electron chi connectivity index (χ3n) is 3.69. The van der Waals surface area contributed by atoms with Gasteiger partial charge in [-0.3, -0.25) is 9.52 Å². The van der Waals surface area contributed by atoms with Crippen molar-refractivity contribution in [3.8, 4) is 11.5 Å². The molecule has 0 bridgehead atoms. The van der Waals surface area contributed by atoms with Gasteiger partial charge in [0.15, 0.2) is 0 Å². The topological polar surface area (TPSA) is 93.7 Å². The second-order valence-electron chi connectivity index (χ2n) is 5.65. The summed E-state index contributed by atoms with van der Waals surface area (Å²) >= 11 is 6.09. The van der Waals surface area contributed by atoms with E-state index in [1.54, 1.807) is 38.1 Å². The molecule has 9 heteroatoms. The maximum absolute atomic E-state index is 12.6. The number of benzene rings is 2. The number of sulfonamides is 1. The number of nitrogens with one attached hydrogen (secondary N) is 2. The van der Waals surface area contributed by atoms with Crippen LogP contribution in [0.3, 0.4) is 0 Å². The maximum atomic E-state index is 12.6. The van der Waals surface area contributed by atoms with E-state index in [2.05, 4.69) is 10.0 Å². The highest BCUT2D eigenvalue weighted by atomic mass is 35.5. The Kier molecular flexibility index (Phi) is 7.53. The van der Waals surface area contributed by atoms with Crippen LogP contribution in [0.2, 0.25) is 5.02 Å². The average molecular weight is 427 g/mol. The summed E-state index contributed by atoms with van der Waals surface area (Å²) in [7, 11) is -3.52. The number of halogens is 1. The molecule has 2 aromatic rings. The van der Waals surface area contributed by atoms with Gasteiger partial charge in [-0.15, -0.1) is 0 Å². The van der Waals surface area contributed by atoms with E-state index < -0.39 is 15.9 Å². The second kappa shape index (κ2) is 9.66. The highest BCUT2D eigenvalue weighted by Crippen LogP contribution is 2.38. The van der Waals surface area contributed by atoms with E-state index in [9.17, 15) is 13.2 Å². The smallest absolute Gasteiger partial charge is 0.257 e. The number of carbonyl (C=O) groups is 1. The zero-order chi connectivity index (χ0) is 20.7. The van der Waals surface area contributed by atoms with Gasteiger partial charge in [-0.2, -0.15) is 0 Å². The van der Waals surface area contributed by atoms with Gasteiger partial charge >= 0.3 is 0 Å². The molecule has 0 heterocycles. The van der Waals surface area contributed by atoms with E-state index in [0.29, 0.717) is 35.2 Å². The quantitative estimate of drug-likeness (QED) is 0.628. The normalized spacial score (nSPS) is 11.0. The van der Waals surface area contributed by atoms with Gasteiger partial charge in [-0.1, -0.05) is 23.7 Å². The zero-order valence-corrected chi connectivity index (χ0v) is 17.5. The number of amides is 1. The molecule has 0 fully saturated rings. The Bertz CT molecular complexity index is 947. The van der Waals surface area contributed by atoms with E-state index in [0.717, 1.165) is 0 Å². The van der Waals surface area contributed by atoms with E-state index >= 15 is 0 Å². The van der Waals surface area contributed by atoms with Crippen molar-refractivity contribution >= 4 is 38.9 Å². The molecule has 2 N–H and O–H groups in total. The average Bonchev–Trinajstić information content (AvgIpc) is 2.65. The van der Waals surface area contributed by atoms with Crippen molar-refractivity contribution in [2.24, 2.45) is 0 Å². The zero-order valence-electron chi connectivity index (χ0n) is 15.9. The minimum atomic E-state index is -3.52. The van der Waals surface area contributed by atoms with Crippen LogP contribution in [-0.2, 0) is 10.0 Å². The van der Waals surface area contributed by atoms with Crippen LogP contribution in [0, 0.1) is 0 Å². The summed E-state index contributed by atoms with van der Waals surface area (Å²) in [5, 5.41) is 3.06. The van der Waals surface area contributed by atoms with Crippen LogP contribution in [0.25, 0.3) is 0 Å². The molecule has 0 saturated carbocycles. The Morgan fingerprint density at radius 2 is 1.57 bits per heavy atom. The molecule has 0 aliphatic carbocycles. The lowest BCUT2D eigenvalue weighted by Gasteiger charge is -2.18. The largest absolute Gasteiger partial charge is 0.492 e. The van der Waals surface area contributed by atoms with Crippen molar-refractivity contribution in [2.75, 3.05) is 29.0 Å². The molecule has 28 heavy (non-hydrogen) atoms.